The van der Waals surface area contributed by atoms with Gasteiger partial charge in [0.15, 0.2) is 5.65 Å². The third kappa shape index (κ3) is 5.04. The molecule has 0 spiro atoms. The lowest BCUT2D eigenvalue weighted by Crippen LogP contribution is -2.36. The van der Waals surface area contributed by atoms with Crippen LogP contribution in [0.3, 0.4) is 0 Å². The SMILES string of the molecule is CNCC(=O)N(c1ccc(-c2nc3ncc(Cl)c(NC4CCN(C)CC4)c3[nH]2)cc1)c1cccnc1. The van der Waals surface area contributed by atoms with E-state index >= 15 is 0 Å². The third-order valence-corrected chi connectivity index (χ3v) is 6.71. The van der Waals surface area contributed by atoms with Crippen LogP contribution in [0.15, 0.2) is 55.0 Å². The van der Waals surface area contributed by atoms with Gasteiger partial charge in [-0.2, -0.15) is 0 Å². The van der Waals surface area contributed by atoms with Gasteiger partial charge in [-0.25, -0.2) is 9.97 Å². The average molecular weight is 505 g/mol. The van der Waals surface area contributed by atoms with Crippen molar-refractivity contribution in [3.05, 3.63) is 60.0 Å². The molecule has 0 radical (unpaired) electrons. The van der Waals surface area contributed by atoms with Crippen LogP contribution < -0.4 is 15.5 Å². The highest BCUT2D eigenvalue weighted by atomic mass is 35.5. The molecule has 1 aliphatic heterocycles. The number of benzene rings is 1. The molecule has 0 unspecified atom stereocenters. The molecule has 0 bridgehead atoms. The minimum Gasteiger partial charge on any atom is -0.379 e. The second kappa shape index (κ2) is 10.6. The fourth-order valence-electron chi connectivity index (χ4n) is 4.49. The lowest BCUT2D eigenvalue weighted by Gasteiger charge is -2.30. The Bertz CT molecular complexity index is 1330. The van der Waals surface area contributed by atoms with Gasteiger partial charge in [0.2, 0.25) is 5.91 Å². The first-order valence-corrected chi connectivity index (χ1v) is 12.4. The number of amides is 1. The molecular weight excluding hydrogens is 476 g/mol. The normalized spacial score (nSPS) is 14.8. The molecule has 1 fully saturated rings. The van der Waals surface area contributed by atoms with Crippen molar-refractivity contribution in [2.45, 2.75) is 18.9 Å². The second-order valence-corrected chi connectivity index (χ2v) is 9.41. The van der Waals surface area contributed by atoms with Crippen molar-refractivity contribution in [2.75, 3.05) is 43.9 Å². The van der Waals surface area contributed by atoms with Crippen molar-refractivity contribution >= 4 is 45.7 Å². The van der Waals surface area contributed by atoms with E-state index in [0.717, 1.165) is 48.4 Å². The number of carbonyl (C=O) groups is 1. The monoisotopic (exact) mass is 504 g/mol. The van der Waals surface area contributed by atoms with Gasteiger partial charge in [-0.05, 0) is 76.4 Å². The van der Waals surface area contributed by atoms with E-state index in [4.69, 9.17) is 16.6 Å². The summed E-state index contributed by atoms with van der Waals surface area (Å²) in [6.45, 7) is 2.31. The molecule has 4 heterocycles. The molecular formula is C26H29ClN8O. The number of nitrogens with zero attached hydrogens (tertiary/aromatic N) is 5. The molecule has 36 heavy (non-hydrogen) atoms. The van der Waals surface area contributed by atoms with Gasteiger partial charge >= 0.3 is 0 Å². The van der Waals surface area contributed by atoms with E-state index in [1.165, 1.54) is 0 Å². The number of piperidine rings is 1. The zero-order valence-electron chi connectivity index (χ0n) is 20.3. The molecule has 3 aromatic heterocycles. The van der Waals surface area contributed by atoms with E-state index in [-0.39, 0.29) is 12.5 Å². The van der Waals surface area contributed by atoms with Crippen molar-refractivity contribution in [3.8, 4) is 11.4 Å². The van der Waals surface area contributed by atoms with Crippen LogP contribution in [0.25, 0.3) is 22.6 Å². The van der Waals surface area contributed by atoms with Crippen molar-refractivity contribution in [3.63, 3.8) is 0 Å². The molecule has 0 saturated carbocycles. The quantitative estimate of drug-likeness (QED) is 0.349. The molecule has 0 atom stereocenters. The van der Waals surface area contributed by atoms with Crippen LogP contribution in [-0.4, -0.2) is 70.5 Å². The minimum absolute atomic E-state index is 0.0783. The maximum atomic E-state index is 12.9. The number of pyridine rings is 2. The smallest absolute Gasteiger partial charge is 0.245 e. The number of carbonyl (C=O) groups excluding carboxylic acids is 1. The van der Waals surface area contributed by atoms with E-state index < -0.39 is 0 Å². The Hall–Kier alpha value is -3.53. The van der Waals surface area contributed by atoms with E-state index in [1.807, 2.05) is 36.4 Å². The Balaban J connectivity index is 1.44. The molecule has 1 saturated heterocycles. The number of fused-ring (bicyclic) bond motifs is 1. The Morgan fingerprint density at radius 3 is 2.64 bits per heavy atom. The molecule has 9 nitrogen and oxygen atoms in total. The van der Waals surface area contributed by atoms with Gasteiger partial charge in [-0.15, -0.1) is 0 Å². The first kappa shape index (κ1) is 24.2. The number of aromatic nitrogens is 4. The van der Waals surface area contributed by atoms with Gasteiger partial charge in [0.1, 0.15) is 11.3 Å². The van der Waals surface area contributed by atoms with E-state index in [9.17, 15) is 4.79 Å². The predicted octanol–water partition coefficient (Wildman–Crippen LogP) is 4.06. The number of H-pyrrole nitrogens is 1. The van der Waals surface area contributed by atoms with Gasteiger partial charge < -0.3 is 20.5 Å². The predicted molar refractivity (Wildman–Crippen MR) is 144 cm³/mol. The Morgan fingerprint density at radius 2 is 1.94 bits per heavy atom. The second-order valence-electron chi connectivity index (χ2n) is 9.00. The number of nitrogens with one attached hydrogen (secondary N) is 3. The Kier molecular flexibility index (Phi) is 7.13. The number of rotatable bonds is 7. The number of hydrogen-bond donors (Lipinski definition) is 3. The fraction of sp³-hybridized carbons (Fsp3) is 0.308. The van der Waals surface area contributed by atoms with Gasteiger partial charge in [0.05, 0.1) is 35.3 Å². The summed E-state index contributed by atoms with van der Waals surface area (Å²) < 4.78 is 0. The van der Waals surface area contributed by atoms with Crippen LogP contribution in [0.5, 0.6) is 0 Å². The lowest BCUT2D eigenvalue weighted by atomic mass is 10.1. The van der Waals surface area contributed by atoms with Crippen LogP contribution >= 0.6 is 11.6 Å². The summed E-state index contributed by atoms with van der Waals surface area (Å²) in [6.07, 6.45) is 7.12. The summed E-state index contributed by atoms with van der Waals surface area (Å²) in [5.74, 6) is 0.609. The highest BCUT2D eigenvalue weighted by Crippen LogP contribution is 2.33. The molecule has 1 amide bonds. The number of aromatic amines is 1. The molecule has 1 aliphatic rings. The standard InChI is InChI=1S/C26H29ClN8O/c1-28-16-22(36)35(20-4-3-11-29-14-20)19-7-5-17(6-8-19)25-32-24-23(21(27)15-30-26(24)33-25)31-18-9-12-34(2)13-10-18/h3-8,11,14-15,18,28H,9-10,12-13,16H2,1-2H3,(H2,30,31,32,33). The summed E-state index contributed by atoms with van der Waals surface area (Å²) in [5.41, 5.74) is 4.57. The highest BCUT2D eigenvalue weighted by molar-refractivity contribution is 6.34. The first-order valence-electron chi connectivity index (χ1n) is 12.0. The van der Waals surface area contributed by atoms with E-state index in [0.29, 0.717) is 28.2 Å². The molecule has 10 heteroatoms. The van der Waals surface area contributed by atoms with Gasteiger partial charge in [-0.1, -0.05) is 11.6 Å². The number of likely N-dealkylation sites (tertiary alicyclic amines) is 1. The van der Waals surface area contributed by atoms with Gasteiger partial charge in [0, 0.05) is 23.5 Å². The summed E-state index contributed by atoms with van der Waals surface area (Å²) in [6, 6.07) is 11.7. The number of anilines is 3. The van der Waals surface area contributed by atoms with Crippen molar-refractivity contribution in [1.29, 1.82) is 0 Å². The largest absolute Gasteiger partial charge is 0.379 e. The number of likely N-dealkylation sites (N-methyl/N-ethyl adjacent to an activating group) is 1. The molecule has 1 aromatic carbocycles. The maximum absolute atomic E-state index is 12.9. The van der Waals surface area contributed by atoms with Crippen molar-refractivity contribution in [2.24, 2.45) is 0 Å². The topological polar surface area (TPSA) is 102 Å². The van der Waals surface area contributed by atoms with Crippen LogP contribution in [0.4, 0.5) is 17.1 Å². The van der Waals surface area contributed by atoms with Crippen LogP contribution in [0.2, 0.25) is 5.02 Å². The Morgan fingerprint density at radius 1 is 1.17 bits per heavy atom. The molecule has 3 N–H and O–H groups in total. The zero-order chi connectivity index (χ0) is 25.1. The summed E-state index contributed by atoms with van der Waals surface area (Å²) >= 11 is 6.54. The first-order chi connectivity index (χ1) is 17.5. The molecule has 186 valence electrons. The van der Waals surface area contributed by atoms with Crippen LogP contribution in [0.1, 0.15) is 12.8 Å². The van der Waals surface area contributed by atoms with Crippen molar-refractivity contribution < 1.29 is 4.79 Å². The summed E-state index contributed by atoms with van der Waals surface area (Å²) in [7, 11) is 3.90. The van der Waals surface area contributed by atoms with Crippen molar-refractivity contribution in [1.82, 2.24) is 30.2 Å². The zero-order valence-corrected chi connectivity index (χ0v) is 21.1. The molecule has 4 aromatic rings. The Labute approximate surface area is 214 Å². The van der Waals surface area contributed by atoms with Crippen LogP contribution in [0, 0.1) is 0 Å². The third-order valence-electron chi connectivity index (χ3n) is 6.42. The maximum Gasteiger partial charge on any atom is 0.245 e. The number of hydrogen-bond acceptors (Lipinski definition) is 7. The fourth-order valence-corrected chi connectivity index (χ4v) is 4.69. The van der Waals surface area contributed by atoms with Gasteiger partial charge in [0.25, 0.3) is 0 Å². The summed E-state index contributed by atoms with van der Waals surface area (Å²) in [5, 5.41) is 7.12. The summed E-state index contributed by atoms with van der Waals surface area (Å²) in [4.78, 5) is 33.6. The van der Waals surface area contributed by atoms with Gasteiger partial charge in [-0.3, -0.25) is 14.7 Å². The number of imidazole rings is 1. The highest BCUT2D eigenvalue weighted by Gasteiger charge is 2.21. The van der Waals surface area contributed by atoms with E-state index in [1.54, 1.807) is 30.5 Å². The average Bonchev–Trinajstić information content (AvgIpc) is 3.33. The molecule has 0 aliphatic carbocycles. The lowest BCUT2D eigenvalue weighted by molar-refractivity contribution is -0.117. The number of halogens is 1. The van der Waals surface area contributed by atoms with E-state index in [2.05, 4.69) is 37.5 Å². The minimum atomic E-state index is -0.0783. The molecule has 5 rings (SSSR count). The van der Waals surface area contributed by atoms with Crippen LogP contribution in [-0.2, 0) is 4.79 Å².